The van der Waals surface area contributed by atoms with Crippen LogP contribution in [0.1, 0.15) is 13.3 Å². The molecule has 0 saturated carbocycles. The molecule has 2 saturated heterocycles. The van der Waals surface area contributed by atoms with E-state index in [1.807, 2.05) is 0 Å². The van der Waals surface area contributed by atoms with Crippen molar-refractivity contribution in [2.75, 3.05) is 38.8 Å². The van der Waals surface area contributed by atoms with Crippen molar-refractivity contribution in [3.63, 3.8) is 0 Å². The molecule has 6 heteroatoms. The van der Waals surface area contributed by atoms with Crippen LogP contribution in [-0.2, 0) is 0 Å². The van der Waals surface area contributed by atoms with E-state index in [1.165, 1.54) is 0 Å². The van der Waals surface area contributed by atoms with E-state index in [2.05, 4.69) is 27.1 Å². The molecule has 1 aromatic heterocycles. The van der Waals surface area contributed by atoms with Gasteiger partial charge in [0.25, 0.3) is 0 Å². The zero-order chi connectivity index (χ0) is 14.1. The van der Waals surface area contributed by atoms with E-state index in [1.54, 1.807) is 20.3 Å². The predicted octanol–water partition coefficient (Wildman–Crippen LogP) is 0.928. The number of aromatic nitrogens is 2. The molecule has 2 fully saturated rings. The first-order valence-electron chi connectivity index (χ1n) is 7.21. The van der Waals surface area contributed by atoms with Crippen LogP contribution in [0.2, 0.25) is 0 Å². The van der Waals surface area contributed by atoms with Gasteiger partial charge in [0.05, 0.1) is 20.3 Å². The highest BCUT2D eigenvalue weighted by Crippen LogP contribution is 2.37. The number of hydrogen-bond acceptors (Lipinski definition) is 6. The summed E-state index contributed by atoms with van der Waals surface area (Å²) >= 11 is 0. The van der Waals surface area contributed by atoms with Crippen LogP contribution in [0.5, 0.6) is 11.8 Å². The Kier molecular flexibility index (Phi) is 3.65. The SMILES string of the molecule is CCC1C2CNCC2CN1c1nc(OC)cc(OC)n1. The van der Waals surface area contributed by atoms with E-state index < -0.39 is 0 Å². The first-order chi connectivity index (χ1) is 9.76. The lowest BCUT2D eigenvalue weighted by Gasteiger charge is -2.27. The number of fused-ring (bicyclic) bond motifs is 1. The first kappa shape index (κ1) is 13.4. The van der Waals surface area contributed by atoms with Crippen molar-refractivity contribution in [3.05, 3.63) is 6.07 Å². The van der Waals surface area contributed by atoms with Gasteiger partial charge in [0.15, 0.2) is 0 Å². The quantitative estimate of drug-likeness (QED) is 0.884. The van der Waals surface area contributed by atoms with Gasteiger partial charge in [0, 0.05) is 25.7 Å². The number of nitrogens with one attached hydrogen (secondary N) is 1. The molecule has 20 heavy (non-hydrogen) atoms. The molecule has 1 aromatic rings. The van der Waals surface area contributed by atoms with E-state index in [0.29, 0.717) is 29.6 Å². The van der Waals surface area contributed by atoms with E-state index in [0.717, 1.165) is 32.0 Å². The van der Waals surface area contributed by atoms with Gasteiger partial charge in [0.2, 0.25) is 17.7 Å². The Balaban J connectivity index is 1.91. The fourth-order valence-electron chi connectivity index (χ4n) is 3.51. The summed E-state index contributed by atoms with van der Waals surface area (Å²) in [5.74, 6) is 3.22. The zero-order valence-electron chi connectivity index (χ0n) is 12.3. The molecule has 3 atom stereocenters. The van der Waals surface area contributed by atoms with Crippen molar-refractivity contribution in [3.8, 4) is 11.8 Å². The summed E-state index contributed by atoms with van der Waals surface area (Å²) in [5, 5.41) is 3.49. The second kappa shape index (κ2) is 5.44. The van der Waals surface area contributed by atoms with Gasteiger partial charge in [-0.2, -0.15) is 9.97 Å². The summed E-state index contributed by atoms with van der Waals surface area (Å²) < 4.78 is 10.5. The molecule has 3 unspecified atom stereocenters. The molecule has 2 aliphatic rings. The minimum atomic E-state index is 0.492. The van der Waals surface area contributed by atoms with Crippen molar-refractivity contribution in [1.82, 2.24) is 15.3 Å². The lowest BCUT2D eigenvalue weighted by atomic mass is 9.93. The highest BCUT2D eigenvalue weighted by atomic mass is 16.5. The molecular weight excluding hydrogens is 256 g/mol. The molecule has 0 aromatic carbocycles. The molecule has 2 aliphatic heterocycles. The summed E-state index contributed by atoms with van der Waals surface area (Å²) in [4.78, 5) is 11.3. The van der Waals surface area contributed by atoms with Crippen LogP contribution in [-0.4, -0.2) is 49.9 Å². The Hall–Kier alpha value is -1.56. The molecule has 0 bridgehead atoms. The van der Waals surface area contributed by atoms with Crippen molar-refractivity contribution in [1.29, 1.82) is 0 Å². The van der Waals surface area contributed by atoms with Gasteiger partial charge >= 0.3 is 0 Å². The average molecular weight is 278 g/mol. The highest BCUT2D eigenvalue weighted by molar-refractivity contribution is 5.40. The van der Waals surface area contributed by atoms with Crippen LogP contribution in [0.25, 0.3) is 0 Å². The summed E-state index contributed by atoms with van der Waals surface area (Å²) in [6, 6.07) is 2.20. The Morgan fingerprint density at radius 3 is 2.55 bits per heavy atom. The molecule has 6 nitrogen and oxygen atoms in total. The van der Waals surface area contributed by atoms with Crippen LogP contribution in [0.15, 0.2) is 6.07 Å². The number of hydrogen-bond donors (Lipinski definition) is 1. The summed E-state index contributed by atoms with van der Waals surface area (Å²) in [7, 11) is 3.23. The van der Waals surface area contributed by atoms with Crippen LogP contribution in [0.4, 0.5) is 5.95 Å². The largest absolute Gasteiger partial charge is 0.481 e. The zero-order valence-corrected chi connectivity index (χ0v) is 12.3. The molecular formula is C14H22N4O2. The van der Waals surface area contributed by atoms with Gasteiger partial charge in [-0.05, 0) is 18.3 Å². The molecule has 0 amide bonds. The second-order valence-corrected chi connectivity index (χ2v) is 5.46. The van der Waals surface area contributed by atoms with E-state index in [-0.39, 0.29) is 0 Å². The third-order valence-corrected chi connectivity index (χ3v) is 4.48. The van der Waals surface area contributed by atoms with E-state index in [4.69, 9.17) is 9.47 Å². The second-order valence-electron chi connectivity index (χ2n) is 5.46. The fraction of sp³-hybridized carbons (Fsp3) is 0.714. The lowest BCUT2D eigenvalue weighted by molar-refractivity contribution is 0.370. The van der Waals surface area contributed by atoms with E-state index in [9.17, 15) is 0 Å². The Labute approximate surface area is 119 Å². The lowest BCUT2D eigenvalue weighted by Crippen LogP contribution is -2.36. The third kappa shape index (κ3) is 2.18. The molecule has 3 rings (SSSR count). The van der Waals surface area contributed by atoms with Crippen LogP contribution in [0, 0.1) is 11.8 Å². The van der Waals surface area contributed by atoms with Gasteiger partial charge in [-0.1, -0.05) is 6.92 Å². The minimum Gasteiger partial charge on any atom is -0.481 e. The number of nitrogens with zero attached hydrogens (tertiary/aromatic N) is 3. The number of methoxy groups -OCH3 is 2. The highest BCUT2D eigenvalue weighted by Gasteiger charge is 2.44. The standard InChI is InChI=1S/C14H22N4O2/c1-4-11-10-7-15-6-9(10)8-18(11)14-16-12(19-2)5-13(17-14)20-3/h5,9-11,15H,4,6-8H2,1-3H3. The molecule has 1 N–H and O–H groups in total. The Bertz CT molecular complexity index is 460. The molecule has 0 spiro atoms. The van der Waals surface area contributed by atoms with Gasteiger partial charge in [-0.3, -0.25) is 0 Å². The van der Waals surface area contributed by atoms with Crippen LogP contribution < -0.4 is 19.7 Å². The molecule has 3 heterocycles. The summed E-state index contributed by atoms with van der Waals surface area (Å²) in [6.45, 7) is 5.43. The van der Waals surface area contributed by atoms with Gasteiger partial charge in [0.1, 0.15) is 0 Å². The molecule has 0 aliphatic carbocycles. The maximum absolute atomic E-state index is 5.25. The smallest absolute Gasteiger partial charge is 0.232 e. The van der Waals surface area contributed by atoms with Crippen molar-refractivity contribution in [2.45, 2.75) is 19.4 Å². The predicted molar refractivity (Wildman–Crippen MR) is 76.4 cm³/mol. The Morgan fingerprint density at radius 1 is 1.25 bits per heavy atom. The van der Waals surface area contributed by atoms with Gasteiger partial charge in [-0.15, -0.1) is 0 Å². The maximum atomic E-state index is 5.25. The van der Waals surface area contributed by atoms with Gasteiger partial charge < -0.3 is 19.7 Å². The topological polar surface area (TPSA) is 59.5 Å². The molecule has 0 radical (unpaired) electrons. The minimum absolute atomic E-state index is 0.492. The molecule has 110 valence electrons. The average Bonchev–Trinajstić information content (AvgIpc) is 3.06. The third-order valence-electron chi connectivity index (χ3n) is 4.48. The normalized spacial score (nSPS) is 28.6. The van der Waals surface area contributed by atoms with Crippen molar-refractivity contribution in [2.24, 2.45) is 11.8 Å². The Morgan fingerprint density at radius 2 is 1.95 bits per heavy atom. The monoisotopic (exact) mass is 278 g/mol. The first-order valence-corrected chi connectivity index (χ1v) is 7.21. The van der Waals surface area contributed by atoms with Gasteiger partial charge in [-0.25, -0.2) is 0 Å². The van der Waals surface area contributed by atoms with Crippen LogP contribution in [0.3, 0.4) is 0 Å². The number of rotatable bonds is 4. The number of anilines is 1. The summed E-state index contributed by atoms with van der Waals surface area (Å²) in [6.07, 6.45) is 1.10. The van der Waals surface area contributed by atoms with Crippen molar-refractivity contribution >= 4 is 5.95 Å². The van der Waals surface area contributed by atoms with E-state index >= 15 is 0 Å². The maximum Gasteiger partial charge on any atom is 0.232 e. The fourth-order valence-corrected chi connectivity index (χ4v) is 3.51. The number of ether oxygens (including phenoxy) is 2. The summed E-state index contributed by atoms with van der Waals surface area (Å²) in [5.41, 5.74) is 0. The van der Waals surface area contributed by atoms with Crippen molar-refractivity contribution < 1.29 is 9.47 Å². The van der Waals surface area contributed by atoms with Crippen LogP contribution >= 0.6 is 0 Å².